The molecular formula is C22H27N3O3. The number of piperidine rings is 1. The third-order valence-corrected chi connectivity index (χ3v) is 6.05. The molecule has 2 aromatic rings. The van der Waals surface area contributed by atoms with E-state index in [0.29, 0.717) is 25.9 Å². The number of benzene rings is 1. The van der Waals surface area contributed by atoms with Crippen molar-refractivity contribution in [1.82, 2.24) is 15.2 Å². The lowest BCUT2D eigenvalue weighted by Gasteiger charge is -2.43. The molecular weight excluding hydrogens is 354 g/mol. The molecule has 6 nitrogen and oxygen atoms in total. The van der Waals surface area contributed by atoms with E-state index in [1.54, 1.807) is 13.3 Å². The fraction of sp³-hybridized carbons (Fsp3) is 0.455. The number of hydrogen-bond acceptors (Lipinski definition) is 5. The van der Waals surface area contributed by atoms with Gasteiger partial charge in [-0.3, -0.25) is 14.7 Å². The van der Waals surface area contributed by atoms with Crippen LogP contribution >= 0.6 is 0 Å². The molecule has 0 saturated carbocycles. The predicted molar refractivity (Wildman–Crippen MR) is 106 cm³/mol. The highest BCUT2D eigenvalue weighted by Gasteiger charge is 2.49. The van der Waals surface area contributed by atoms with Gasteiger partial charge in [0, 0.05) is 30.4 Å². The van der Waals surface area contributed by atoms with E-state index in [4.69, 9.17) is 4.74 Å². The topological polar surface area (TPSA) is 74.7 Å². The van der Waals surface area contributed by atoms with Crippen molar-refractivity contribution in [3.8, 4) is 5.75 Å². The van der Waals surface area contributed by atoms with Crippen molar-refractivity contribution in [2.75, 3.05) is 13.7 Å². The molecule has 2 aliphatic rings. The maximum atomic E-state index is 12.6. The highest BCUT2D eigenvalue weighted by Crippen LogP contribution is 2.44. The number of fused-ring (bicyclic) bond motifs is 2. The van der Waals surface area contributed by atoms with Gasteiger partial charge in [-0.05, 0) is 43.9 Å². The van der Waals surface area contributed by atoms with Gasteiger partial charge >= 0.3 is 0 Å². The molecule has 0 radical (unpaired) electrons. The summed E-state index contributed by atoms with van der Waals surface area (Å²) >= 11 is 0. The molecule has 0 spiro atoms. The van der Waals surface area contributed by atoms with Gasteiger partial charge in [-0.2, -0.15) is 0 Å². The first-order valence-electron chi connectivity index (χ1n) is 9.87. The highest BCUT2D eigenvalue weighted by atomic mass is 16.5. The molecule has 2 bridgehead atoms. The van der Waals surface area contributed by atoms with Crippen LogP contribution < -0.4 is 10.1 Å². The third kappa shape index (κ3) is 3.75. The second kappa shape index (κ2) is 7.89. The number of carbonyl (C=O) groups is 1. The molecule has 1 aromatic carbocycles. The molecule has 2 fully saturated rings. The van der Waals surface area contributed by atoms with Gasteiger partial charge in [-0.15, -0.1) is 0 Å². The standard InChI is InChI=1S/C22H27N3O3/c1-28-19-7-3-2-6-16(19)14-24-21(26)15-25-17-9-10-18(25)13-22(27,12-17)20-8-4-5-11-23-20/h2-8,11,17-18,27H,9-10,12-15H2,1H3,(H,24,26)/t17-,18+,22?. The fourth-order valence-electron chi connectivity index (χ4n) is 4.69. The maximum absolute atomic E-state index is 12.6. The quantitative estimate of drug-likeness (QED) is 0.803. The van der Waals surface area contributed by atoms with Gasteiger partial charge in [0.2, 0.25) is 5.91 Å². The zero-order chi connectivity index (χ0) is 19.6. The van der Waals surface area contributed by atoms with Crippen LogP contribution in [0.1, 0.15) is 36.9 Å². The number of para-hydroxylation sites is 1. The van der Waals surface area contributed by atoms with Gasteiger partial charge in [0.25, 0.3) is 0 Å². The summed E-state index contributed by atoms with van der Waals surface area (Å²) in [4.78, 5) is 19.2. The number of carbonyl (C=O) groups excluding carboxylic acids is 1. The molecule has 148 valence electrons. The Morgan fingerprint density at radius 2 is 1.93 bits per heavy atom. The first-order valence-corrected chi connectivity index (χ1v) is 9.87. The zero-order valence-corrected chi connectivity index (χ0v) is 16.2. The molecule has 2 N–H and O–H groups in total. The van der Waals surface area contributed by atoms with Gasteiger partial charge < -0.3 is 15.2 Å². The van der Waals surface area contributed by atoms with Crippen LogP contribution in [0.25, 0.3) is 0 Å². The molecule has 1 unspecified atom stereocenters. The number of pyridine rings is 1. The Morgan fingerprint density at radius 3 is 2.61 bits per heavy atom. The molecule has 3 atom stereocenters. The Labute approximate surface area is 165 Å². The zero-order valence-electron chi connectivity index (χ0n) is 16.2. The Bertz CT molecular complexity index is 813. The Hall–Kier alpha value is -2.44. The number of nitrogens with zero attached hydrogens (tertiary/aromatic N) is 2. The molecule has 6 heteroatoms. The molecule has 3 heterocycles. The number of ether oxygens (including phenoxy) is 1. The number of hydrogen-bond donors (Lipinski definition) is 2. The average molecular weight is 381 g/mol. The summed E-state index contributed by atoms with van der Waals surface area (Å²) in [6.45, 7) is 0.812. The smallest absolute Gasteiger partial charge is 0.234 e. The van der Waals surface area contributed by atoms with Crippen LogP contribution in [-0.2, 0) is 16.9 Å². The summed E-state index contributed by atoms with van der Waals surface area (Å²) in [7, 11) is 1.63. The molecule has 2 saturated heterocycles. The Kier molecular flexibility index (Phi) is 5.33. The molecule has 1 amide bonds. The largest absolute Gasteiger partial charge is 0.496 e. The van der Waals surface area contributed by atoms with E-state index in [2.05, 4.69) is 15.2 Å². The van der Waals surface area contributed by atoms with E-state index < -0.39 is 5.60 Å². The fourth-order valence-corrected chi connectivity index (χ4v) is 4.69. The van der Waals surface area contributed by atoms with E-state index in [-0.39, 0.29) is 18.0 Å². The van der Waals surface area contributed by atoms with Crippen LogP contribution in [0.2, 0.25) is 0 Å². The number of aromatic nitrogens is 1. The lowest BCUT2D eigenvalue weighted by Crippen LogP contribution is -2.52. The molecule has 28 heavy (non-hydrogen) atoms. The van der Waals surface area contributed by atoms with Crippen LogP contribution in [0.3, 0.4) is 0 Å². The van der Waals surface area contributed by atoms with E-state index >= 15 is 0 Å². The van der Waals surface area contributed by atoms with Gasteiger partial charge in [0.15, 0.2) is 0 Å². The lowest BCUT2D eigenvalue weighted by atomic mass is 9.83. The summed E-state index contributed by atoms with van der Waals surface area (Å²) in [6.07, 6.45) is 5.01. The van der Waals surface area contributed by atoms with Crippen molar-refractivity contribution >= 4 is 5.91 Å². The Balaban J connectivity index is 1.37. The SMILES string of the molecule is COc1ccccc1CNC(=O)CN1[C@@H]2CC[C@H]1CC(O)(c1ccccn1)C2. The summed E-state index contributed by atoms with van der Waals surface area (Å²) in [5, 5.41) is 14.2. The monoisotopic (exact) mass is 381 g/mol. The normalized spacial score (nSPS) is 26.8. The first kappa shape index (κ1) is 18.9. The van der Waals surface area contributed by atoms with Crippen LogP contribution in [0.4, 0.5) is 0 Å². The number of nitrogens with one attached hydrogen (secondary N) is 1. The minimum Gasteiger partial charge on any atom is -0.496 e. The van der Waals surface area contributed by atoms with Crippen molar-refractivity contribution in [3.63, 3.8) is 0 Å². The Morgan fingerprint density at radius 1 is 1.21 bits per heavy atom. The number of methoxy groups -OCH3 is 1. The maximum Gasteiger partial charge on any atom is 0.234 e. The van der Waals surface area contributed by atoms with Crippen LogP contribution in [0.15, 0.2) is 48.7 Å². The minimum atomic E-state index is -0.891. The number of rotatable bonds is 6. The van der Waals surface area contributed by atoms with Crippen LogP contribution in [-0.4, -0.2) is 46.6 Å². The number of amides is 1. The van der Waals surface area contributed by atoms with Crippen molar-refractivity contribution in [1.29, 1.82) is 0 Å². The van der Waals surface area contributed by atoms with Gasteiger partial charge in [-0.25, -0.2) is 0 Å². The lowest BCUT2D eigenvalue weighted by molar-refractivity contribution is -0.126. The first-order chi connectivity index (χ1) is 13.6. The summed E-state index contributed by atoms with van der Waals surface area (Å²) in [5.41, 5.74) is 0.814. The second-order valence-corrected chi connectivity index (χ2v) is 7.80. The predicted octanol–water partition coefficient (Wildman–Crippen LogP) is 2.22. The number of aliphatic hydroxyl groups is 1. The van der Waals surface area contributed by atoms with Gasteiger partial charge in [0.05, 0.1) is 19.3 Å². The molecule has 2 aliphatic heterocycles. The van der Waals surface area contributed by atoms with Gasteiger partial charge in [-0.1, -0.05) is 24.3 Å². The van der Waals surface area contributed by atoms with E-state index in [9.17, 15) is 9.90 Å². The molecule has 4 rings (SSSR count). The van der Waals surface area contributed by atoms with E-state index in [0.717, 1.165) is 29.8 Å². The van der Waals surface area contributed by atoms with Crippen LogP contribution in [0, 0.1) is 0 Å². The highest BCUT2D eigenvalue weighted by molar-refractivity contribution is 5.78. The minimum absolute atomic E-state index is 0.00563. The summed E-state index contributed by atoms with van der Waals surface area (Å²) in [5.74, 6) is 0.785. The van der Waals surface area contributed by atoms with Crippen LogP contribution in [0.5, 0.6) is 5.75 Å². The van der Waals surface area contributed by atoms with E-state index in [1.807, 2.05) is 42.5 Å². The van der Waals surface area contributed by atoms with Crippen molar-refractivity contribution in [2.24, 2.45) is 0 Å². The van der Waals surface area contributed by atoms with Gasteiger partial charge in [0.1, 0.15) is 11.4 Å². The van der Waals surface area contributed by atoms with Crippen molar-refractivity contribution in [3.05, 3.63) is 59.9 Å². The second-order valence-electron chi connectivity index (χ2n) is 7.80. The van der Waals surface area contributed by atoms with Crippen molar-refractivity contribution < 1.29 is 14.6 Å². The van der Waals surface area contributed by atoms with E-state index in [1.165, 1.54) is 0 Å². The van der Waals surface area contributed by atoms with Crippen molar-refractivity contribution in [2.45, 2.75) is 49.9 Å². The molecule has 1 aromatic heterocycles. The summed E-state index contributed by atoms with van der Waals surface area (Å²) in [6, 6.07) is 13.8. The average Bonchev–Trinajstić information content (AvgIpc) is 2.96. The third-order valence-electron chi connectivity index (χ3n) is 6.05. The summed E-state index contributed by atoms with van der Waals surface area (Å²) < 4.78 is 5.34. The molecule has 0 aliphatic carbocycles.